The minimum Gasteiger partial charge on any atom is -0.396 e. The van der Waals surface area contributed by atoms with E-state index in [0.29, 0.717) is 0 Å². The van der Waals surface area contributed by atoms with E-state index in [1.54, 1.807) is 0 Å². The van der Waals surface area contributed by atoms with E-state index in [0.717, 1.165) is 38.2 Å². The molecule has 0 unspecified atom stereocenters. The van der Waals surface area contributed by atoms with Gasteiger partial charge in [0, 0.05) is 31.5 Å². The van der Waals surface area contributed by atoms with Crippen LogP contribution >= 0.6 is 0 Å². The lowest BCUT2D eigenvalue weighted by molar-refractivity contribution is 0.283. The molecule has 2 N–H and O–H groups in total. The summed E-state index contributed by atoms with van der Waals surface area (Å²) in [5.41, 5.74) is 2.37. The Balaban J connectivity index is 2.27. The van der Waals surface area contributed by atoms with Crippen LogP contribution in [-0.4, -0.2) is 28.0 Å². The largest absolute Gasteiger partial charge is 0.396 e. The summed E-state index contributed by atoms with van der Waals surface area (Å²) in [5.74, 6) is 0. The van der Waals surface area contributed by atoms with E-state index in [2.05, 4.69) is 23.5 Å². The van der Waals surface area contributed by atoms with Crippen molar-refractivity contribution >= 4 is 0 Å². The average molecular weight is 211 g/mol. The van der Waals surface area contributed by atoms with Crippen LogP contribution in [0.1, 0.15) is 31.0 Å². The van der Waals surface area contributed by atoms with Crippen molar-refractivity contribution in [1.29, 1.82) is 0 Å². The molecule has 0 aromatic carbocycles. The molecule has 1 aromatic rings. The number of hydrogen-bond donors (Lipinski definition) is 2. The van der Waals surface area contributed by atoms with Gasteiger partial charge in [0.1, 0.15) is 0 Å². The lowest BCUT2D eigenvalue weighted by Gasteiger charge is -2.02. The van der Waals surface area contributed by atoms with Crippen LogP contribution < -0.4 is 5.32 Å². The van der Waals surface area contributed by atoms with E-state index < -0.39 is 0 Å². The van der Waals surface area contributed by atoms with Gasteiger partial charge < -0.3 is 10.4 Å². The number of aliphatic hydroxyl groups excluding tert-OH is 1. The Morgan fingerprint density at radius 1 is 1.47 bits per heavy atom. The van der Waals surface area contributed by atoms with Crippen LogP contribution in [0.2, 0.25) is 0 Å². The summed E-state index contributed by atoms with van der Waals surface area (Å²) in [6.07, 6.45) is 3.99. The maximum atomic E-state index is 8.62. The van der Waals surface area contributed by atoms with Gasteiger partial charge >= 0.3 is 0 Å². The standard InChI is InChI=1S/C11H21N3O/c1-3-14-9-11(10(2)13-14)8-12-6-4-5-7-15/h9,12,15H,3-8H2,1-2H3. The third kappa shape index (κ3) is 4.01. The van der Waals surface area contributed by atoms with Gasteiger partial charge in [0.2, 0.25) is 0 Å². The second-order valence-electron chi connectivity index (χ2n) is 3.70. The summed E-state index contributed by atoms with van der Waals surface area (Å²) in [7, 11) is 0. The van der Waals surface area contributed by atoms with Crippen LogP contribution in [0.3, 0.4) is 0 Å². The Morgan fingerprint density at radius 2 is 2.27 bits per heavy atom. The van der Waals surface area contributed by atoms with E-state index in [1.807, 2.05) is 11.6 Å². The number of nitrogens with zero attached hydrogens (tertiary/aromatic N) is 2. The van der Waals surface area contributed by atoms with E-state index in [-0.39, 0.29) is 6.61 Å². The van der Waals surface area contributed by atoms with Crippen LogP contribution in [0.5, 0.6) is 0 Å². The molecule has 0 fully saturated rings. The average Bonchev–Trinajstić information content (AvgIpc) is 2.59. The molecule has 0 aliphatic carbocycles. The van der Waals surface area contributed by atoms with Crippen LogP contribution in [0.15, 0.2) is 6.20 Å². The summed E-state index contributed by atoms with van der Waals surface area (Å²) in [4.78, 5) is 0. The first-order valence-electron chi connectivity index (χ1n) is 5.62. The van der Waals surface area contributed by atoms with Crippen molar-refractivity contribution in [3.05, 3.63) is 17.5 Å². The van der Waals surface area contributed by atoms with Gasteiger partial charge in [-0.05, 0) is 33.2 Å². The predicted molar refractivity (Wildman–Crippen MR) is 60.7 cm³/mol. The highest BCUT2D eigenvalue weighted by Gasteiger charge is 2.02. The molecule has 1 aromatic heterocycles. The minimum absolute atomic E-state index is 0.286. The van der Waals surface area contributed by atoms with Crippen LogP contribution in [0.25, 0.3) is 0 Å². The summed E-state index contributed by atoms with van der Waals surface area (Å²) in [6.45, 7) is 7.16. The molecule has 0 aliphatic heterocycles. The number of aryl methyl sites for hydroxylation is 2. The fourth-order valence-corrected chi connectivity index (χ4v) is 1.48. The third-order valence-corrected chi connectivity index (χ3v) is 2.45. The lowest BCUT2D eigenvalue weighted by Crippen LogP contribution is -2.15. The molecular formula is C11H21N3O. The maximum Gasteiger partial charge on any atom is 0.0638 e. The smallest absolute Gasteiger partial charge is 0.0638 e. The van der Waals surface area contributed by atoms with Crippen molar-refractivity contribution < 1.29 is 5.11 Å². The molecule has 1 heterocycles. The van der Waals surface area contributed by atoms with E-state index >= 15 is 0 Å². The molecule has 0 atom stereocenters. The fourth-order valence-electron chi connectivity index (χ4n) is 1.48. The molecule has 4 heteroatoms. The predicted octanol–water partition coefficient (Wildman–Crippen LogP) is 1.07. The van der Waals surface area contributed by atoms with Gasteiger partial charge in [-0.3, -0.25) is 4.68 Å². The summed E-state index contributed by atoms with van der Waals surface area (Å²) in [5, 5.41) is 16.4. The fraction of sp³-hybridized carbons (Fsp3) is 0.727. The second-order valence-corrected chi connectivity index (χ2v) is 3.70. The molecule has 15 heavy (non-hydrogen) atoms. The van der Waals surface area contributed by atoms with Crippen molar-refractivity contribution in [1.82, 2.24) is 15.1 Å². The molecule has 0 saturated heterocycles. The molecule has 86 valence electrons. The monoisotopic (exact) mass is 211 g/mol. The van der Waals surface area contributed by atoms with Gasteiger partial charge in [0.25, 0.3) is 0 Å². The van der Waals surface area contributed by atoms with Crippen LogP contribution in [0, 0.1) is 6.92 Å². The van der Waals surface area contributed by atoms with Gasteiger partial charge in [0.15, 0.2) is 0 Å². The molecule has 0 aliphatic rings. The van der Waals surface area contributed by atoms with E-state index in [4.69, 9.17) is 5.11 Å². The number of aliphatic hydroxyl groups is 1. The molecule has 1 rings (SSSR count). The van der Waals surface area contributed by atoms with Gasteiger partial charge in [-0.25, -0.2) is 0 Å². The molecule has 0 bridgehead atoms. The first kappa shape index (κ1) is 12.2. The number of hydrogen-bond acceptors (Lipinski definition) is 3. The molecule has 4 nitrogen and oxygen atoms in total. The second kappa shape index (κ2) is 6.58. The Kier molecular flexibility index (Phi) is 5.36. The van der Waals surface area contributed by atoms with Gasteiger partial charge in [0.05, 0.1) is 5.69 Å². The Morgan fingerprint density at radius 3 is 2.87 bits per heavy atom. The Labute approximate surface area is 91.3 Å². The van der Waals surface area contributed by atoms with Gasteiger partial charge in [-0.1, -0.05) is 0 Å². The number of rotatable bonds is 7. The summed E-state index contributed by atoms with van der Waals surface area (Å²) >= 11 is 0. The van der Waals surface area contributed by atoms with Crippen molar-refractivity contribution in [2.75, 3.05) is 13.2 Å². The first-order chi connectivity index (χ1) is 7.27. The van der Waals surface area contributed by atoms with E-state index in [9.17, 15) is 0 Å². The van der Waals surface area contributed by atoms with Gasteiger partial charge in [-0.2, -0.15) is 5.10 Å². The SMILES string of the molecule is CCn1cc(CNCCCCO)c(C)n1. The highest BCUT2D eigenvalue weighted by Crippen LogP contribution is 2.04. The first-order valence-corrected chi connectivity index (χ1v) is 5.62. The summed E-state index contributed by atoms with van der Waals surface area (Å²) in [6, 6.07) is 0. The highest BCUT2D eigenvalue weighted by molar-refractivity contribution is 5.14. The maximum absolute atomic E-state index is 8.62. The lowest BCUT2D eigenvalue weighted by atomic mass is 10.2. The normalized spacial score (nSPS) is 10.9. The van der Waals surface area contributed by atoms with Crippen LogP contribution in [0.4, 0.5) is 0 Å². The molecular weight excluding hydrogens is 190 g/mol. The minimum atomic E-state index is 0.286. The zero-order valence-electron chi connectivity index (χ0n) is 9.66. The van der Waals surface area contributed by atoms with Crippen molar-refractivity contribution in [2.24, 2.45) is 0 Å². The van der Waals surface area contributed by atoms with E-state index in [1.165, 1.54) is 5.56 Å². The number of nitrogens with one attached hydrogen (secondary N) is 1. The molecule has 0 spiro atoms. The Hall–Kier alpha value is -0.870. The molecule has 0 amide bonds. The topological polar surface area (TPSA) is 50.1 Å². The van der Waals surface area contributed by atoms with Crippen molar-refractivity contribution in [3.63, 3.8) is 0 Å². The van der Waals surface area contributed by atoms with Gasteiger partial charge in [-0.15, -0.1) is 0 Å². The number of aromatic nitrogens is 2. The number of unbranched alkanes of at least 4 members (excludes halogenated alkanes) is 1. The molecule has 0 saturated carbocycles. The van der Waals surface area contributed by atoms with Crippen molar-refractivity contribution in [2.45, 2.75) is 39.8 Å². The summed E-state index contributed by atoms with van der Waals surface area (Å²) < 4.78 is 1.96. The zero-order chi connectivity index (χ0) is 11.1. The Bertz CT molecular complexity index is 283. The quantitative estimate of drug-likeness (QED) is 0.663. The highest BCUT2D eigenvalue weighted by atomic mass is 16.2. The van der Waals surface area contributed by atoms with Crippen molar-refractivity contribution in [3.8, 4) is 0 Å². The third-order valence-electron chi connectivity index (χ3n) is 2.45. The zero-order valence-corrected chi connectivity index (χ0v) is 9.66. The molecule has 0 radical (unpaired) electrons. The van der Waals surface area contributed by atoms with Crippen LogP contribution in [-0.2, 0) is 13.1 Å².